The zero-order chi connectivity index (χ0) is 16.8. The van der Waals surface area contributed by atoms with Gasteiger partial charge in [-0.2, -0.15) is 0 Å². The molecule has 0 spiro atoms. The summed E-state index contributed by atoms with van der Waals surface area (Å²) in [6.07, 6.45) is -0.291. The fourth-order valence-corrected chi connectivity index (χ4v) is 2.58. The van der Waals surface area contributed by atoms with Gasteiger partial charge in [0.2, 0.25) is 11.8 Å². The number of morpholine rings is 1. The maximum Gasteiger partial charge on any atom is 0.237 e. The number of hydrogen-bond acceptors (Lipinski definition) is 4. The molecule has 1 heterocycles. The highest BCUT2D eigenvalue weighted by Crippen LogP contribution is 2.11. The van der Waals surface area contributed by atoms with E-state index in [4.69, 9.17) is 10.5 Å². The summed E-state index contributed by atoms with van der Waals surface area (Å²) in [7, 11) is 1.97. The summed E-state index contributed by atoms with van der Waals surface area (Å²) in [5, 5.41) is 0. The second-order valence-electron chi connectivity index (χ2n) is 5.76. The summed E-state index contributed by atoms with van der Waals surface area (Å²) >= 11 is 0. The Balaban J connectivity index is 2.03. The van der Waals surface area contributed by atoms with Gasteiger partial charge in [0.15, 0.2) is 0 Å². The highest BCUT2D eigenvalue weighted by atomic mass is 19.1. The average Bonchev–Trinajstić information content (AvgIpc) is 2.48. The van der Waals surface area contributed by atoms with Crippen molar-refractivity contribution in [1.82, 2.24) is 9.80 Å². The largest absolute Gasteiger partial charge is 0.374 e. The topological polar surface area (TPSA) is 75.9 Å². The molecule has 1 aliphatic heterocycles. The van der Waals surface area contributed by atoms with E-state index >= 15 is 0 Å². The number of carbonyl (C=O) groups excluding carboxylic acids is 2. The molecule has 1 atom stereocenters. The van der Waals surface area contributed by atoms with Crippen molar-refractivity contribution in [3.05, 3.63) is 35.6 Å². The summed E-state index contributed by atoms with van der Waals surface area (Å²) < 4.78 is 19.3. The number of ether oxygens (including phenoxy) is 1. The molecule has 1 saturated heterocycles. The molecule has 2 amide bonds. The molecule has 0 unspecified atom stereocenters. The molecular formula is C16H22FN3O3. The Morgan fingerprint density at radius 3 is 2.83 bits per heavy atom. The van der Waals surface area contributed by atoms with Gasteiger partial charge in [-0.15, -0.1) is 0 Å². The second-order valence-corrected chi connectivity index (χ2v) is 5.76. The Labute approximate surface area is 135 Å². The standard InChI is InChI=1S/C16H22FN3O3/c1-19-6-7-23-13(9-19)10-20(11-15(18)21)16(22)8-12-4-2-3-5-14(12)17/h2-5,13H,6-11H2,1H3,(H2,18,21)/t13-/m1/s1. The van der Waals surface area contributed by atoms with Crippen LogP contribution >= 0.6 is 0 Å². The number of amides is 2. The van der Waals surface area contributed by atoms with E-state index in [9.17, 15) is 14.0 Å². The maximum atomic E-state index is 13.7. The molecule has 7 heteroatoms. The summed E-state index contributed by atoms with van der Waals surface area (Å²) in [5.41, 5.74) is 5.53. The predicted molar refractivity (Wildman–Crippen MR) is 83.1 cm³/mol. The van der Waals surface area contributed by atoms with Crippen molar-refractivity contribution >= 4 is 11.8 Å². The minimum Gasteiger partial charge on any atom is -0.374 e. The first-order valence-electron chi connectivity index (χ1n) is 7.55. The van der Waals surface area contributed by atoms with E-state index in [1.165, 1.54) is 11.0 Å². The number of hydrogen-bond donors (Lipinski definition) is 1. The smallest absolute Gasteiger partial charge is 0.237 e. The normalized spacial score (nSPS) is 18.6. The van der Waals surface area contributed by atoms with Crippen LogP contribution in [-0.4, -0.2) is 67.6 Å². The van der Waals surface area contributed by atoms with Crippen LogP contribution in [0.25, 0.3) is 0 Å². The van der Waals surface area contributed by atoms with Crippen LogP contribution in [0.5, 0.6) is 0 Å². The van der Waals surface area contributed by atoms with Gasteiger partial charge in [-0.05, 0) is 18.7 Å². The third kappa shape index (κ3) is 5.30. The van der Waals surface area contributed by atoms with Crippen molar-refractivity contribution in [2.75, 3.05) is 39.8 Å². The van der Waals surface area contributed by atoms with Crippen LogP contribution < -0.4 is 5.73 Å². The van der Waals surface area contributed by atoms with Gasteiger partial charge >= 0.3 is 0 Å². The Morgan fingerprint density at radius 1 is 1.43 bits per heavy atom. The van der Waals surface area contributed by atoms with Crippen molar-refractivity contribution in [3.63, 3.8) is 0 Å². The van der Waals surface area contributed by atoms with E-state index in [1.54, 1.807) is 18.2 Å². The van der Waals surface area contributed by atoms with E-state index < -0.39 is 11.7 Å². The number of rotatable bonds is 6. The summed E-state index contributed by atoms with van der Waals surface area (Å²) in [6.45, 7) is 2.14. The Bertz CT molecular complexity index is 567. The monoisotopic (exact) mass is 323 g/mol. The van der Waals surface area contributed by atoms with Crippen molar-refractivity contribution in [1.29, 1.82) is 0 Å². The van der Waals surface area contributed by atoms with Crippen LogP contribution in [0.1, 0.15) is 5.56 Å². The molecule has 23 heavy (non-hydrogen) atoms. The average molecular weight is 323 g/mol. The fraction of sp³-hybridized carbons (Fsp3) is 0.500. The van der Waals surface area contributed by atoms with Crippen LogP contribution in [0.2, 0.25) is 0 Å². The quantitative estimate of drug-likeness (QED) is 0.800. The number of carbonyl (C=O) groups is 2. The molecule has 126 valence electrons. The number of nitrogens with zero attached hydrogens (tertiary/aromatic N) is 2. The van der Waals surface area contributed by atoms with Gasteiger partial charge in [0.05, 0.1) is 25.7 Å². The maximum absolute atomic E-state index is 13.7. The first kappa shape index (κ1) is 17.4. The third-order valence-electron chi connectivity index (χ3n) is 3.76. The van der Waals surface area contributed by atoms with E-state index in [0.29, 0.717) is 18.7 Å². The Kier molecular flexibility index (Phi) is 6.06. The molecule has 6 nitrogen and oxygen atoms in total. The molecule has 0 bridgehead atoms. The lowest BCUT2D eigenvalue weighted by Gasteiger charge is -2.33. The number of nitrogens with two attached hydrogens (primary N) is 1. The van der Waals surface area contributed by atoms with Crippen molar-refractivity contribution in [2.45, 2.75) is 12.5 Å². The molecule has 1 aliphatic rings. The Morgan fingerprint density at radius 2 is 2.17 bits per heavy atom. The minimum atomic E-state index is -0.601. The third-order valence-corrected chi connectivity index (χ3v) is 3.76. The highest BCUT2D eigenvalue weighted by Gasteiger charge is 2.25. The molecule has 0 radical (unpaired) electrons. The highest BCUT2D eigenvalue weighted by molar-refractivity contribution is 5.85. The van der Waals surface area contributed by atoms with E-state index in [1.807, 2.05) is 7.05 Å². The number of benzene rings is 1. The van der Waals surface area contributed by atoms with Crippen LogP contribution in [0, 0.1) is 5.82 Å². The van der Waals surface area contributed by atoms with Crippen LogP contribution in [0.3, 0.4) is 0 Å². The predicted octanol–water partition coefficient (Wildman–Crippen LogP) is 0.0127. The molecule has 0 aliphatic carbocycles. The number of halogens is 1. The van der Waals surface area contributed by atoms with Gasteiger partial charge in [0, 0.05) is 19.6 Å². The molecule has 1 aromatic rings. The van der Waals surface area contributed by atoms with E-state index in [-0.39, 0.29) is 31.5 Å². The number of likely N-dealkylation sites (N-methyl/N-ethyl adjacent to an activating group) is 1. The zero-order valence-electron chi connectivity index (χ0n) is 13.2. The summed E-state index contributed by atoms with van der Waals surface area (Å²) in [5.74, 6) is -1.38. The van der Waals surface area contributed by atoms with Crippen molar-refractivity contribution in [3.8, 4) is 0 Å². The molecular weight excluding hydrogens is 301 g/mol. The summed E-state index contributed by atoms with van der Waals surface area (Å²) in [4.78, 5) is 27.1. The molecule has 2 N–H and O–H groups in total. The second kappa shape index (κ2) is 8.03. The van der Waals surface area contributed by atoms with Crippen LogP contribution in [-0.2, 0) is 20.7 Å². The molecule has 1 fully saturated rings. The number of primary amides is 1. The lowest BCUT2D eigenvalue weighted by molar-refractivity contribution is -0.137. The van der Waals surface area contributed by atoms with Gasteiger partial charge in [-0.25, -0.2) is 4.39 Å². The Hall–Kier alpha value is -1.99. The van der Waals surface area contributed by atoms with Crippen LogP contribution in [0.4, 0.5) is 4.39 Å². The zero-order valence-corrected chi connectivity index (χ0v) is 13.2. The van der Waals surface area contributed by atoms with E-state index in [0.717, 1.165) is 6.54 Å². The van der Waals surface area contributed by atoms with Gasteiger partial charge in [0.25, 0.3) is 0 Å². The molecule has 2 rings (SSSR count). The van der Waals surface area contributed by atoms with Gasteiger partial charge in [-0.1, -0.05) is 18.2 Å². The molecule has 0 saturated carbocycles. The minimum absolute atomic E-state index is 0.109. The first-order chi connectivity index (χ1) is 11.0. The van der Waals surface area contributed by atoms with Crippen LogP contribution in [0.15, 0.2) is 24.3 Å². The van der Waals surface area contributed by atoms with E-state index in [2.05, 4.69) is 4.90 Å². The van der Waals surface area contributed by atoms with Crippen molar-refractivity contribution < 1.29 is 18.7 Å². The van der Waals surface area contributed by atoms with Gasteiger partial charge in [0.1, 0.15) is 5.82 Å². The lowest BCUT2D eigenvalue weighted by atomic mass is 10.1. The lowest BCUT2D eigenvalue weighted by Crippen LogP contribution is -2.49. The fourth-order valence-electron chi connectivity index (χ4n) is 2.58. The molecule has 1 aromatic carbocycles. The van der Waals surface area contributed by atoms with Gasteiger partial charge < -0.3 is 20.3 Å². The summed E-state index contributed by atoms with van der Waals surface area (Å²) in [6, 6.07) is 6.10. The van der Waals surface area contributed by atoms with Gasteiger partial charge in [-0.3, -0.25) is 9.59 Å². The van der Waals surface area contributed by atoms with Crippen molar-refractivity contribution in [2.24, 2.45) is 5.73 Å². The SMILES string of the molecule is CN1CCO[C@@H](CN(CC(N)=O)C(=O)Cc2ccccc2F)C1. The first-order valence-corrected chi connectivity index (χ1v) is 7.55. The molecule has 0 aromatic heterocycles.